The fourth-order valence-corrected chi connectivity index (χ4v) is 4.57. The Bertz CT molecular complexity index is 1030. The molecule has 1 atom stereocenters. The van der Waals surface area contributed by atoms with Gasteiger partial charge in [-0.1, -0.05) is 29.8 Å². The molecule has 0 amide bonds. The van der Waals surface area contributed by atoms with Gasteiger partial charge in [-0.15, -0.1) is 0 Å². The van der Waals surface area contributed by atoms with E-state index in [1.165, 1.54) is 30.5 Å². The first kappa shape index (κ1) is 19.4. The smallest absolute Gasteiger partial charge is 0.211 e. The number of sulfone groups is 1. The van der Waals surface area contributed by atoms with E-state index < -0.39 is 30.3 Å². The third-order valence-corrected chi connectivity index (χ3v) is 7.08. The summed E-state index contributed by atoms with van der Waals surface area (Å²) in [6.45, 7) is 1.12. The molecule has 132 valence electrons. The fourth-order valence-electron chi connectivity index (χ4n) is 1.97. The van der Waals surface area contributed by atoms with Crippen LogP contribution >= 0.6 is 11.6 Å². The van der Waals surface area contributed by atoms with Crippen LogP contribution in [0.25, 0.3) is 0 Å². The predicted octanol–water partition coefficient (Wildman–Crippen LogP) is 3.70. The molecule has 0 aliphatic heterocycles. The number of hydrogen-bond donors (Lipinski definition) is 0. The summed E-state index contributed by atoms with van der Waals surface area (Å²) in [6, 6.07) is 13.8. The molecular formula is C17H16ClNO4S2. The van der Waals surface area contributed by atoms with Crippen molar-refractivity contribution in [1.29, 1.82) is 0 Å². The quantitative estimate of drug-likeness (QED) is 0.720. The van der Waals surface area contributed by atoms with E-state index in [0.29, 0.717) is 9.92 Å². The Morgan fingerprint density at radius 3 is 2.04 bits per heavy atom. The second kappa shape index (κ2) is 7.51. The minimum Gasteiger partial charge on any atom is -0.294 e. The predicted molar refractivity (Wildman–Crippen MR) is 98.6 cm³/mol. The van der Waals surface area contributed by atoms with E-state index in [1.807, 2.05) is 0 Å². The van der Waals surface area contributed by atoms with Gasteiger partial charge in [-0.25, -0.2) is 17.0 Å². The normalized spacial score (nSPS) is 14.6. The third kappa shape index (κ3) is 4.56. The van der Waals surface area contributed by atoms with Crippen LogP contribution in [0.3, 0.4) is 0 Å². The molecule has 25 heavy (non-hydrogen) atoms. The van der Waals surface area contributed by atoms with Crippen LogP contribution in [-0.4, -0.2) is 24.7 Å². The lowest BCUT2D eigenvalue weighted by molar-refractivity contribution is -0.113. The van der Waals surface area contributed by atoms with E-state index in [1.54, 1.807) is 30.3 Å². The molecule has 0 saturated carbocycles. The summed E-state index contributed by atoms with van der Waals surface area (Å²) < 4.78 is 41.9. The number of halogens is 1. The highest BCUT2D eigenvalue weighted by Gasteiger charge is 2.24. The summed E-state index contributed by atoms with van der Waals surface area (Å²) >= 11 is 5.76. The maximum atomic E-state index is 12.7. The van der Waals surface area contributed by atoms with Gasteiger partial charge in [-0.3, -0.25) is 4.79 Å². The molecule has 0 radical (unpaired) electrons. The van der Waals surface area contributed by atoms with Crippen molar-refractivity contribution in [3.8, 4) is 0 Å². The topological polar surface area (TPSA) is 80.6 Å². The first-order valence-corrected chi connectivity index (χ1v) is 10.9. The Morgan fingerprint density at radius 1 is 0.960 bits per heavy atom. The number of hydrogen-bond acceptors (Lipinski definition) is 5. The maximum absolute atomic E-state index is 12.7. The molecule has 0 N–H and O–H groups in total. The van der Waals surface area contributed by atoms with Crippen LogP contribution in [0.5, 0.6) is 0 Å². The van der Waals surface area contributed by atoms with E-state index in [0.717, 1.165) is 13.1 Å². The van der Waals surface area contributed by atoms with Gasteiger partial charge in [-0.05, 0) is 43.3 Å². The number of benzene rings is 2. The van der Waals surface area contributed by atoms with E-state index in [4.69, 9.17) is 11.6 Å². The molecule has 2 rings (SSSR count). The van der Waals surface area contributed by atoms with Gasteiger partial charge in [0, 0.05) is 16.2 Å². The lowest BCUT2D eigenvalue weighted by Crippen LogP contribution is -2.11. The zero-order chi connectivity index (χ0) is 18.7. The van der Waals surface area contributed by atoms with Gasteiger partial charge < -0.3 is 0 Å². The molecule has 0 spiro atoms. The molecule has 0 saturated heterocycles. The lowest BCUT2D eigenvalue weighted by atomic mass is 10.4. The summed E-state index contributed by atoms with van der Waals surface area (Å²) in [4.78, 5) is 11.7. The third-order valence-electron chi connectivity index (χ3n) is 3.31. The van der Waals surface area contributed by atoms with E-state index in [9.17, 15) is 17.4 Å². The highest BCUT2D eigenvalue weighted by Crippen LogP contribution is 2.23. The molecule has 5 nitrogen and oxygen atoms in total. The molecule has 2 aromatic rings. The standard InChI is InChI=1S/C17H16ClNO4S2/c1-13(20)17(25(22,23)16-10-8-14(18)9-11-16)12-19-24(2,21)15-6-4-3-5-7-15/h3-12H,1-2H3/b17-12+/t24-/m0/s1. The van der Waals surface area contributed by atoms with Crippen molar-refractivity contribution < 1.29 is 17.4 Å². The summed E-state index contributed by atoms with van der Waals surface area (Å²) in [5.74, 6) is -0.693. The molecule has 2 aromatic carbocycles. The van der Waals surface area contributed by atoms with Crippen LogP contribution in [-0.2, 0) is 24.4 Å². The first-order chi connectivity index (χ1) is 11.6. The number of Topliss-reactive ketones (excluding diaryl/α,β-unsaturated/α-hetero) is 1. The molecule has 0 fully saturated rings. The Hall–Kier alpha value is -1.96. The Morgan fingerprint density at radius 2 is 1.52 bits per heavy atom. The van der Waals surface area contributed by atoms with E-state index in [-0.39, 0.29) is 4.90 Å². The lowest BCUT2D eigenvalue weighted by Gasteiger charge is -2.07. The summed E-state index contributed by atoms with van der Waals surface area (Å²) in [5, 5.41) is 0.373. The van der Waals surface area contributed by atoms with Crippen molar-refractivity contribution in [2.75, 3.05) is 6.26 Å². The SMILES string of the molecule is CC(=O)/C(=C\N=[S@@](C)(=O)c1ccccc1)S(=O)(=O)c1ccc(Cl)cc1. The van der Waals surface area contributed by atoms with Crippen molar-refractivity contribution >= 4 is 37.0 Å². The monoisotopic (exact) mass is 397 g/mol. The van der Waals surface area contributed by atoms with E-state index in [2.05, 4.69) is 4.36 Å². The number of rotatable bonds is 5. The van der Waals surface area contributed by atoms with Crippen LogP contribution in [0.4, 0.5) is 0 Å². The zero-order valence-electron chi connectivity index (χ0n) is 13.5. The highest BCUT2D eigenvalue weighted by molar-refractivity contribution is 7.96. The minimum absolute atomic E-state index is 0.0872. The van der Waals surface area contributed by atoms with Gasteiger partial charge in [-0.2, -0.15) is 0 Å². The van der Waals surface area contributed by atoms with E-state index >= 15 is 0 Å². The highest BCUT2D eigenvalue weighted by atomic mass is 35.5. The van der Waals surface area contributed by atoms with Gasteiger partial charge in [0.2, 0.25) is 9.84 Å². The fraction of sp³-hybridized carbons (Fsp3) is 0.118. The second-order valence-electron chi connectivity index (χ2n) is 5.23. The van der Waals surface area contributed by atoms with Crippen LogP contribution in [0.2, 0.25) is 5.02 Å². The number of carbonyl (C=O) groups is 1. The maximum Gasteiger partial charge on any atom is 0.211 e. The number of allylic oxidation sites excluding steroid dienone is 1. The van der Waals surface area contributed by atoms with Gasteiger partial charge in [0.05, 0.1) is 20.8 Å². The molecule has 8 heteroatoms. The summed E-state index contributed by atoms with van der Waals surface area (Å²) in [6.07, 6.45) is 2.26. The molecular weight excluding hydrogens is 382 g/mol. The number of carbonyl (C=O) groups excluding carboxylic acids is 1. The van der Waals surface area contributed by atoms with Gasteiger partial charge >= 0.3 is 0 Å². The van der Waals surface area contributed by atoms with Crippen molar-refractivity contribution in [3.63, 3.8) is 0 Å². The Labute approximate surface area is 152 Å². The molecule has 0 aromatic heterocycles. The van der Waals surface area contributed by atoms with Gasteiger partial charge in [0.15, 0.2) is 5.78 Å². The Kier molecular flexibility index (Phi) is 5.82. The van der Waals surface area contributed by atoms with Crippen LogP contribution in [0, 0.1) is 0 Å². The summed E-state index contributed by atoms with van der Waals surface area (Å²) in [7, 11) is -6.97. The number of nitrogens with zero attached hydrogens (tertiary/aromatic N) is 1. The van der Waals surface area contributed by atoms with Crippen LogP contribution in [0.15, 0.2) is 79.9 Å². The summed E-state index contributed by atoms with van der Waals surface area (Å²) in [5.41, 5.74) is 0. The second-order valence-corrected chi connectivity index (χ2v) is 9.87. The average Bonchev–Trinajstić information content (AvgIpc) is 2.55. The average molecular weight is 398 g/mol. The molecule has 0 aliphatic rings. The van der Waals surface area contributed by atoms with Crippen molar-refractivity contribution in [2.45, 2.75) is 16.7 Å². The van der Waals surface area contributed by atoms with Crippen LogP contribution in [0.1, 0.15) is 6.92 Å². The minimum atomic E-state index is -4.09. The van der Waals surface area contributed by atoms with Crippen molar-refractivity contribution in [1.82, 2.24) is 0 Å². The number of ketones is 1. The largest absolute Gasteiger partial charge is 0.294 e. The van der Waals surface area contributed by atoms with Crippen molar-refractivity contribution in [2.24, 2.45) is 4.36 Å². The van der Waals surface area contributed by atoms with Crippen LogP contribution < -0.4 is 0 Å². The van der Waals surface area contributed by atoms with Gasteiger partial charge in [0.1, 0.15) is 4.91 Å². The van der Waals surface area contributed by atoms with Crippen molar-refractivity contribution in [3.05, 3.63) is 70.7 Å². The Balaban J connectivity index is 2.57. The molecule has 0 heterocycles. The molecule has 0 bridgehead atoms. The molecule has 0 unspecified atom stereocenters. The zero-order valence-corrected chi connectivity index (χ0v) is 15.9. The molecule has 0 aliphatic carbocycles. The first-order valence-electron chi connectivity index (χ1n) is 7.13. The van der Waals surface area contributed by atoms with Gasteiger partial charge in [0.25, 0.3) is 0 Å².